The van der Waals surface area contributed by atoms with Crippen molar-refractivity contribution in [3.05, 3.63) is 10.4 Å². The van der Waals surface area contributed by atoms with E-state index in [2.05, 4.69) is 11.9 Å². The molecule has 8 heteroatoms. The highest BCUT2D eigenvalue weighted by molar-refractivity contribution is 7.99. The summed E-state index contributed by atoms with van der Waals surface area (Å²) in [6.45, 7) is 7.58. The van der Waals surface area contributed by atoms with Gasteiger partial charge in [0.1, 0.15) is 10.6 Å². The van der Waals surface area contributed by atoms with Gasteiger partial charge in [-0.2, -0.15) is 0 Å². The van der Waals surface area contributed by atoms with Crippen molar-refractivity contribution in [1.29, 1.82) is 0 Å². The molecular formula is C19H26N4O2S2. The molecule has 2 aliphatic rings. The van der Waals surface area contributed by atoms with E-state index in [1.165, 1.54) is 28.6 Å². The summed E-state index contributed by atoms with van der Waals surface area (Å²) >= 11 is 3.11. The molecule has 1 saturated heterocycles. The van der Waals surface area contributed by atoms with Crippen molar-refractivity contribution in [3.63, 3.8) is 0 Å². The monoisotopic (exact) mass is 406 g/mol. The first-order valence-electron chi connectivity index (χ1n) is 9.54. The minimum absolute atomic E-state index is 0.0748. The van der Waals surface area contributed by atoms with Crippen molar-refractivity contribution in [2.45, 2.75) is 57.4 Å². The fourth-order valence-electron chi connectivity index (χ4n) is 4.01. The van der Waals surface area contributed by atoms with E-state index in [-0.39, 0.29) is 18.1 Å². The van der Waals surface area contributed by atoms with Crippen LogP contribution in [0.15, 0.2) is 5.16 Å². The average molecular weight is 407 g/mol. The molecule has 27 heavy (non-hydrogen) atoms. The Balaban J connectivity index is 1.49. The zero-order valence-electron chi connectivity index (χ0n) is 16.0. The lowest BCUT2D eigenvalue weighted by atomic mass is 9.89. The Morgan fingerprint density at radius 1 is 1.30 bits per heavy atom. The van der Waals surface area contributed by atoms with Gasteiger partial charge >= 0.3 is 0 Å². The van der Waals surface area contributed by atoms with Gasteiger partial charge in [0.2, 0.25) is 5.91 Å². The third-order valence-corrected chi connectivity index (χ3v) is 7.24. The van der Waals surface area contributed by atoms with Crippen LogP contribution < -0.4 is 5.73 Å². The molecule has 3 atom stereocenters. The van der Waals surface area contributed by atoms with Crippen LogP contribution in [0.5, 0.6) is 0 Å². The Kier molecular flexibility index (Phi) is 5.31. The van der Waals surface area contributed by atoms with E-state index in [9.17, 15) is 4.79 Å². The summed E-state index contributed by atoms with van der Waals surface area (Å²) < 4.78 is 5.70. The summed E-state index contributed by atoms with van der Waals surface area (Å²) in [5.74, 6) is 1.69. The Morgan fingerprint density at radius 3 is 2.78 bits per heavy atom. The van der Waals surface area contributed by atoms with Gasteiger partial charge in [0.25, 0.3) is 0 Å². The smallest absolute Gasteiger partial charge is 0.233 e. The number of morpholine rings is 1. The highest BCUT2D eigenvalue weighted by atomic mass is 32.2. The van der Waals surface area contributed by atoms with Crippen LogP contribution in [-0.4, -0.2) is 51.8 Å². The van der Waals surface area contributed by atoms with Crippen molar-refractivity contribution in [1.82, 2.24) is 14.9 Å². The molecule has 2 aromatic rings. The van der Waals surface area contributed by atoms with Crippen molar-refractivity contribution >= 4 is 45.0 Å². The number of ether oxygens (including phenoxy) is 1. The molecule has 1 aliphatic carbocycles. The molecule has 1 fully saturated rings. The average Bonchev–Trinajstić information content (AvgIpc) is 2.96. The summed E-state index contributed by atoms with van der Waals surface area (Å²) in [4.78, 5) is 26.0. The molecule has 146 valence electrons. The second-order valence-corrected chi connectivity index (χ2v) is 9.79. The number of thioether (sulfide) groups is 1. The Labute approximate surface area is 167 Å². The van der Waals surface area contributed by atoms with Gasteiger partial charge < -0.3 is 15.4 Å². The van der Waals surface area contributed by atoms with Crippen LogP contribution in [-0.2, 0) is 22.4 Å². The molecule has 2 N–H and O–H groups in total. The predicted molar refractivity (Wildman–Crippen MR) is 110 cm³/mol. The van der Waals surface area contributed by atoms with E-state index in [4.69, 9.17) is 15.5 Å². The number of nitrogens with two attached hydrogens (primary N) is 1. The molecular weight excluding hydrogens is 380 g/mol. The van der Waals surface area contributed by atoms with E-state index in [1.807, 2.05) is 18.7 Å². The van der Waals surface area contributed by atoms with E-state index in [0.29, 0.717) is 35.7 Å². The molecule has 0 spiro atoms. The van der Waals surface area contributed by atoms with Crippen LogP contribution in [0, 0.1) is 5.92 Å². The molecule has 3 heterocycles. The van der Waals surface area contributed by atoms with E-state index >= 15 is 0 Å². The normalized spacial score (nSPS) is 25.6. The van der Waals surface area contributed by atoms with Crippen LogP contribution >= 0.6 is 23.1 Å². The van der Waals surface area contributed by atoms with Gasteiger partial charge in [-0.25, -0.2) is 9.97 Å². The maximum absolute atomic E-state index is 12.6. The summed E-state index contributed by atoms with van der Waals surface area (Å²) in [6, 6.07) is 0. The van der Waals surface area contributed by atoms with Gasteiger partial charge in [-0.1, -0.05) is 18.7 Å². The lowest BCUT2D eigenvalue weighted by molar-refractivity contribution is -0.140. The minimum Gasteiger partial charge on any atom is -0.383 e. The van der Waals surface area contributed by atoms with E-state index < -0.39 is 0 Å². The van der Waals surface area contributed by atoms with Crippen LogP contribution in [0.25, 0.3) is 10.2 Å². The fourth-order valence-corrected chi connectivity index (χ4v) is 6.22. The largest absolute Gasteiger partial charge is 0.383 e. The second kappa shape index (κ2) is 7.56. The zero-order valence-corrected chi connectivity index (χ0v) is 17.7. The summed E-state index contributed by atoms with van der Waals surface area (Å²) in [5.41, 5.74) is 7.62. The maximum atomic E-state index is 12.6. The van der Waals surface area contributed by atoms with Crippen LogP contribution in [0.3, 0.4) is 0 Å². The summed E-state index contributed by atoms with van der Waals surface area (Å²) in [5, 5.41) is 1.63. The fraction of sp³-hybridized carbons (Fsp3) is 0.632. The first-order chi connectivity index (χ1) is 12.9. The number of aromatic nitrogens is 2. The topological polar surface area (TPSA) is 81.3 Å². The van der Waals surface area contributed by atoms with E-state index in [1.54, 1.807) is 11.3 Å². The number of fused-ring (bicyclic) bond motifs is 3. The lowest BCUT2D eigenvalue weighted by Crippen LogP contribution is -2.48. The van der Waals surface area contributed by atoms with Crippen molar-refractivity contribution in [2.75, 3.05) is 24.6 Å². The number of anilines is 1. The highest BCUT2D eigenvalue weighted by Crippen LogP contribution is 2.39. The van der Waals surface area contributed by atoms with Gasteiger partial charge in [-0.3, -0.25) is 4.79 Å². The molecule has 4 rings (SSSR count). The number of thiophene rings is 1. The Bertz CT molecular complexity index is 859. The van der Waals surface area contributed by atoms with E-state index in [0.717, 1.165) is 23.1 Å². The van der Waals surface area contributed by atoms with Crippen molar-refractivity contribution in [3.8, 4) is 0 Å². The number of nitrogen functional groups attached to an aromatic ring is 1. The number of hydrogen-bond acceptors (Lipinski definition) is 7. The summed E-state index contributed by atoms with van der Waals surface area (Å²) in [6.07, 6.45) is 3.50. The van der Waals surface area contributed by atoms with Crippen LogP contribution in [0.1, 0.15) is 37.6 Å². The molecule has 0 saturated carbocycles. The van der Waals surface area contributed by atoms with Crippen LogP contribution in [0.4, 0.5) is 5.82 Å². The highest BCUT2D eigenvalue weighted by Gasteiger charge is 2.27. The molecule has 2 aromatic heterocycles. The molecule has 0 radical (unpaired) electrons. The zero-order chi connectivity index (χ0) is 19.1. The van der Waals surface area contributed by atoms with Gasteiger partial charge in [-0.15, -0.1) is 11.3 Å². The van der Waals surface area contributed by atoms with Crippen molar-refractivity contribution < 1.29 is 9.53 Å². The third-order valence-electron chi connectivity index (χ3n) is 5.26. The molecule has 6 nitrogen and oxygen atoms in total. The number of carbonyl (C=O) groups is 1. The Hall–Kier alpha value is -1.38. The number of nitrogens with zero attached hydrogens (tertiary/aromatic N) is 3. The molecule has 1 amide bonds. The molecule has 0 unspecified atom stereocenters. The number of rotatable bonds is 3. The van der Waals surface area contributed by atoms with Crippen molar-refractivity contribution in [2.24, 2.45) is 5.92 Å². The van der Waals surface area contributed by atoms with Gasteiger partial charge in [-0.05, 0) is 44.6 Å². The first kappa shape index (κ1) is 19.0. The van der Waals surface area contributed by atoms with Gasteiger partial charge in [0.15, 0.2) is 5.16 Å². The Morgan fingerprint density at radius 2 is 2.04 bits per heavy atom. The van der Waals surface area contributed by atoms with Gasteiger partial charge in [0.05, 0.1) is 23.3 Å². The van der Waals surface area contributed by atoms with Gasteiger partial charge in [0, 0.05) is 18.0 Å². The quantitative estimate of drug-likeness (QED) is 0.623. The predicted octanol–water partition coefficient (Wildman–Crippen LogP) is 3.13. The third kappa shape index (κ3) is 3.93. The summed E-state index contributed by atoms with van der Waals surface area (Å²) in [7, 11) is 0. The molecule has 1 aliphatic heterocycles. The number of amides is 1. The number of hydrogen-bond donors (Lipinski definition) is 1. The minimum atomic E-state index is 0.0748. The molecule has 0 aromatic carbocycles. The SMILES string of the molecule is C[C@@H]1CCc2c(sc3nc(SCC(=O)N4C[C@@H](C)O[C@H](C)C4)nc(N)c23)C1. The van der Waals surface area contributed by atoms with Crippen LogP contribution in [0.2, 0.25) is 0 Å². The lowest BCUT2D eigenvalue weighted by Gasteiger charge is -2.35. The number of aryl methyl sites for hydroxylation is 1. The first-order valence-corrected chi connectivity index (χ1v) is 11.3. The number of carbonyl (C=O) groups excluding carboxylic acids is 1. The second-order valence-electron chi connectivity index (χ2n) is 7.77. The molecule has 0 bridgehead atoms. The maximum Gasteiger partial charge on any atom is 0.233 e. The standard InChI is InChI=1S/C19H26N4O2S2/c1-10-4-5-13-14(6-10)27-18-16(13)17(20)21-19(22-18)26-9-15(24)23-7-11(2)25-12(3)8-23/h10-12H,4-9H2,1-3H3,(H2,20,21,22)/t10-,11-,12-/m1/s1.